The number of esters is 1. The van der Waals surface area contributed by atoms with Crippen molar-refractivity contribution in [3.05, 3.63) is 41.1 Å². The van der Waals surface area contributed by atoms with Gasteiger partial charge in [-0.1, -0.05) is 6.07 Å². The Kier molecular flexibility index (Phi) is 6.97. The third-order valence-corrected chi connectivity index (χ3v) is 2.87. The van der Waals surface area contributed by atoms with Crippen molar-refractivity contribution in [2.24, 2.45) is 5.73 Å². The van der Waals surface area contributed by atoms with Crippen molar-refractivity contribution in [3.63, 3.8) is 0 Å². The number of carbonyl (C=O) groups is 3. The molecule has 0 radical (unpaired) electrons. The number of Topliss-reactive ketones (excluding diaryl/α,β-unsaturated/α-hetero) is 1. The predicted molar refractivity (Wildman–Crippen MR) is 83.8 cm³/mol. The minimum Gasteiger partial charge on any atom is -0.497 e. The van der Waals surface area contributed by atoms with Gasteiger partial charge in [0.05, 0.1) is 7.11 Å². The number of ketones is 1. The molecule has 0 atom stereocenters. The maximum Gasteiger partial charge on any atom is 0.325 e. The summed E-state index contributed by atoms with van der Waals surface area (Å²) in [5.41, 5.74) is 5.47. The lowest BCUT2D eigenvalue weighted by atomic mass is 10.1. The van der Waals surface area contributed by atoms with Gasteiger partial charge in [-0.25, -0.2) is 0 Å². The molecule has 24 heavy (non-hydrogen) atoms. The van der Waals surface area contributed by atoms with Gasteiger partial charge in [-0.15, -0.1) is 0 Å². The van der Waals surface area contributed by atoms with E-state index in [4.69, 9.17) is 20.5 Å². The van der Waals surface area contributed by atoms with Gasteiger partial charge in [0.2, 0.25) is 5.78 Å². The number of nitrogens with one attached hydrogen (secondary N) is 1. The molecule has 0 spiro atoms. The number of hydrogen-bond acceptors (Lipinski definition) is 7. The first-order valence-corrected chi connectivity index (χ1v) is 6.86. The molecule has 8 heteroatoms. The Morgan fingerprint density at radius 2 is 2.04 bits per heavy atom. The Labute approximate surface area is 138 Å². The number of ether oxygens (including phenoxy) is 2. The van der Waals surface area contributed by atoms with Crippen molar-refractivity contribution >= 4 is 17.7 Å². The summed E-state index contributed by atoms with van der Waals surface area (Å²) in [6.07, 6.45) is 0. The summed E-state index contributed by atoms with van der Waals surface area (Å²) >= 11 is 0. The molecule has 0 saturated heterocycles. The number of benzene rings is 1. The standard InChI is InChI=1S/C16H17N3O5/c1-10(18)13(7-17)14(20)9-24-15(21)8-19-16(22)11-4-3-5-12(6-11)23-2/h3-6H,8-9,18H2,1-2H3,(H,19,22)/b13-10+. The number of carbonyl (C=O) groups excluding carboxylic acids is 3. The van der Waals surface area contributed by atoms with Gasteiger partial charge in [-0.2, -0.15) is 5.26 Å². The van der Waals surface area contributed by atoms with Crippen LogP contribution in [0.4, 0.5) is 0 Å². The number of rotatable bonds is 7. The predicted octanol–water partition coefficient (Wildman–Crippen LogP) is 0.294. The zero-order valence-corrected chi connectivity index (χ0v) is 13.3. The summed E-state index contributed by atoms with van der Waals surface area (Å²) in [5.74, 6) is -1.51. The van der Waals surface area contributed by atoms with Gasteiger partial charge >= 0.3 is 5.97 Å². The van der Waals surface area contributed by atoms with E-state index in [2.05, 4.69) is 5.32 Å². The third-order valence-electron chi connectivity index (χ3n) is 2.87. The average molecular weight is 331 g/mol. The van der Waals surface area contributed by atoms with Crippen LogP contribution in [0, 0.1) is 11.3 Å². The Bertz CT molecular complexity index is 715. The van der Waals surface area contributed by atoms with E-state index >= 15 is 0 Å². The highest BCUT2D eigenvalue weighted by Gasteiger charge is 2.15. The highest BCUT2D eigenvalue weighted by atomic mass is 16.5. The number of nitrogens with zero attached hydrogens (tertiary/aromatic N) is 1. The average Bonchev–Trinajstić information content (AvgIpc) is 2.58. The van der Waals surface area contributed by atoms with E-state index in [9.17, 15) is 14.4 Å². The van der Waals surface area contributed by atoms with Crippen molar-refractivity contribution < 1.29 is 23.9 Å². The molecule has 8 nitrogen and oxygen atoms in total. The zero-order chi connectivity index (χ0) is 18.1. The zero-order valence-electron chi connectivity index (χ0n) is 13.3. The number of methoxy groups -OCH3 is 1. The molecule has 0 aromatic heterocycles. The molecule has 3 N–H and O–H groups in total. The number of amides is 1. The lowest BCUT2D eigenvalue weighted by molar-refractivity contribution is -0.145. The molecule has 0 unspecified atom stereocenters. The van der Waals surface area contributed by atoms with E-state index in [0.717, 1.165) is 0 Å². The van der Waals surface area contributed by atoms with Crippen LogP contribution < -0.4 is 15.8 Å². The van der Waals surface area contributed by atoms with Crippen LogP contribution in [0.2, 0.25) is 0 Å². The first-order valence-electron chi connectivity index (χ1n) is 6.86. The highest BCUT2D eigenvalue weighted by molar-refractivity contribution is 6.01. The molecule has 1 amide bonds. The van der Waals surface area contributed by atoms with Crippen LogP contribution >= 0.6 is 0 Å². The molecule has 0 heterocycles. The smallest absolute Gasteiger partial charge is 0.325 e. The number of nitriles is 1. The maximum atomic E-state index is 11.9. The van der Waals surface area contributed by atoms with E-state index in [1.165, 1.54) is 20.1 Å². The van der Waals surface area contributed by atoms with Gasteiger partial charge in [-0.3, -0.25) is 14.4 Å². The van der Waals surface area contributed by atoms with Crippen molar-refractivity contribution in [1.82, 2.24) is 5.32 Å². The van der Waals surface area contributed by atoms with E-state index in [-0.39, 0.29) is 11.3 Å². The van der Waals surface area contributed by atoms with Crippen LogP contribution in [0.3, 0.4) is 0 Å². The molecule has 0 aliphatic carbocycles. The third kappa shape index (κ3) is 5.46. The summed E-state index contributed by atoms with van der Waals surface area (Å²) in [5, 5.41) is 11.1. The minimum atomic E-state index is -0.813. The first-order chi connectivity index (χ1) is 11.4. The normalized spacial score (nSPS) is 10.9. The summed E-state index contributed by atoms with van der Waals surface area (Å²) in [4.78, 5) is 35.0. The van der Waals surface area contributed by atoms with E-state index in [1.54, 1.807) is 24.3 Å². The quantitative estimate of drug-likeness (QED) is 0.417. The molecule has 126 valence electrons. The Morgan fingerprint density at radius 1 is 1.33 bits per heavy atom. The van der Waals surface area contributed by atoms with Crippen LogP contribution in [0.25, 0.3) is 0 Å². The summed E-state index contributed by atoms with van der Waals surface area (Å²) in [7, 11) is 1.47. The summed E-state index contributed by atoms with van der Waals surface area (Å²) < 4.78 is 9.70. The molecule has 0 fully saturated rings. The molecule has 1 rings (SSSR count). The molecule has 0 saturated carbocycles. The van der Waals surface area contributed by atoms with Gasteiger partial charge in [0.15, 0.2) is 6.61 Å². The van der Waals surface area contributed by atoms with Crippen molar-refractivity contribution in [1.29, 1.82) is 5.26 Å². The fraction of sp³-hybridized carbons (Fsp3) is 0.250. The van der Waals surface area contributed by atoms with Crippen LogP contribution in [0.1, 0.15) is 17.3 Å². The molecule has 1 aromatic rings. The monoisotopic (exact) mass is 331 g/mol. The van der Waals surface area contributed by atoms with Gasteiger partial charge in [0.1, 0.15) is 23.9 Å². The second-order valence-corrected chi connectivity index (χ2v) is 4.67. The molecule has 0 aliphatic heterocycles. The number of allylic oxidation sites excluding steroid dienone is 1. The summed E-state index contributed by atoms with van der Waals surface area (Å²) in [6, 6.07) is 8.02. The Balaban J connectivity index is 2.49. The van der Waals surface area contributed by atoms with Crippen molar-refractivity contribution in [2.75, 3.05) is 20.3 Å². The second kappa shape index (κ2) is 8.95. The van der Waals surface area contributed by atoms with E-state index in [1.807, 2.05) is 0 Å². The van der Waals surface area contributed by atoms with Gasteiger partial charge in [-0.05, 0) is 25.1 Å². The molecule has 0 aliphatic rings. The van der Waals surface area contributed by atoms with Crippen molar-refractivity contribution in [3.8, 4) is 11.8 Å². The first kappa shape index (κ1) is 18.7. The number of hydrogen-bond donors (Lipinski definition) is 2. The van der Waals surface area contributed by atoms with E-state index in [0.29, 0.717) is 11.3 Å². The van der Waals surface area contributed by atoms with Crippen LogP contribution in [0.5, 0.6) is 5.75 Å². The SMILES string of the molecule is COc1cccc(C(=O)NCC(=O)OCC(=O)/C(C#N)=C(\C)N)c1. The topological polar surface area (TPSA) is 132 Å². The van der Waals surface area contributed by atoms with Gasteiger partial charge in [0, 0.05) is 11.3 Å². The molecular formula is C16H17N3O5. The van der Waals surface area contributed by atoms with Gasteiger partial charge in [0.25, 0.3) is 5.91 Å². The lowest BCUT2D eigenvalue weighted by Crippen LogP contribution is -2.31. The molecule has 1 aromatic carbocycles. The fourth-order valence-electron chi connectivity index (χ4n) is 1.66. The summed E-state index contributed by atoms with van der Waals surface area (Å²) in [6.45, 7) is 0.356. The Hall–Kier alpha value is -3.34. The minimum absolute atomic E-state index is 0.0462. The molecular weight excluding hydrogens is 314 g/mol. The van der Waals surface area contributed by atoms with Crippen molar-refractivity contribution in [2.45, 2.75) is 6.92 Å². The highest BCUT2D eigenvalue weighted by Crippen LogP contribution is 2.12. The maximum absolute atomic E-state index is 11.9. The largest absolute Gasteiger partial charge is 0.497 e. The fourth-order valence-corrected chi connectivity index (χ4v) is 1.66. The van der Waals surface area contributed by atoms with Crippen LogP contribution in [-0.4, -0.2) is 37.9 Å². The second-order valence-electron chi connectivity index (χ2n) is 4.67. The molecule has 0 bridgehead atoms. The Morgan fingerprint density at radius 3 is 2.62 bits per heavy atom. The van der Waals surface area contributed by atoms with Crippen LogP contribution in [0.15, 0.2) is 35.5 Å². The number of nitrogens with two attached hydrogens (primary N) is 1. The lowest BCUT2D eigenvalue weighted by Gasteiger charge is -2.07. The van der Waals surface area contributed by atoms with E-state index < -0.39 is 30.8 Å². The van der Waals surface area contributed by atoms with Gasteiger partial charge < -0.3 is 20.5 Å². The van der Waals surface area contributed by atoms with Crippen LogP contribution in [-0.2, 0) is 14.3 Å².